The summed E-state index contributed by atoms with van der Waals surface area (Å²) in [5.74, 6) is 0.431. The third kappa shape index (κ3) is 4.89. The Kier molecular flexibility index (Phi) is 5.81. The second-order valence-electron chi connectivity index (χ2n) is 6.48. The first kappa shape index (κ1) is 19.0. The maximum atomic E-state index is 12.3. The second kappa shape index (κ2) is 8.26. The summed E-state index contributed by atoms with van der Waals surface area (Å²) in [6, 6.07) is 15.6. The van der Waals surface area contributed by atoms with Gasteiger partial charge in [-0.2, -0.15) is 5.10 Å². The lowest BCUT2D eigenvalue weighted by Gasteiger charge is -2.23. The fourth-order valence-corrected chi connectivity index (χ4v) is 3.48. The predicted octanol–water partition coefficient (Wildman–Crippen LogP) is 3.78. The summed E-state index contributed by atoms with van der Waals surface area (Å²) in [6.07, 6.45) is 0. The minimum Gasteiger partial charge on any atom is -0.378 e. The monoisotopic (exact) mass is 382 g/mol. The molecular formula is C20H22N4O2S. The molecule has 3 rings (SSSR count). The van der Waals surface area contributed by atoms with E-state index in [1.165, 1.54) is 23.7 Å². The largest absolute Gasteiger partial charge is 0.378 e. The molecule has 1 N–H and O–H groups in total. The highest BCUT2D eigenvalue weighted by molar-refractivity contribution is 8.14. The summed E-state index contributed by atoms with van der Waals surface area (Å²) >= 11 is 1.25. The smallest absolute Gasteiger partial charge is 0.302 e. The van der Waals surface area contributed by atoms with Crippen molar-refractivity contribution in [2.24, 2.45) is 5.10 Å². The van der Waals surface area contributed by atoms with Gasteiger partial charge in [-0.05, 0) is 35.4 Å². The number of hydrogen-bond donors (Lipinski definition) is 1. The summed E-state index contributed by atoms with van der Waals surface area (Å²) in [7, 11) is 4.00. The highest BCUT2D eigenvalue weighted by Gasteiger charge is 2.22. The molecule has 0 saturated heterocycles. The van der Waals surface area contributed by atoms with E-state index in [1.807, 2.05) is 67.5 Å². The van der Waals surface area contributed by atoms with E-state index in [0.717, 1.165) is 22.5 Å². The maximum Gasteiger partial charge on any atom is 0.302 e. The molecule has 0 aliphatic carbocycles. The molecule has 2 amide bonds. The molecule has 27 heavy (non-hydrogen) atoms. The molecule has 2 aromatic carbocycles. The van der Waals surface area contributed by atoms with Crippen LogP contribution in [0, 0.1) is 0 Å². The molecule has 1 heterocycles. The van der Waals surface area contributed by atoms with E-state index in [9.17, 15) is 9.59 Å². The van der Waals surface area contributed by atoms with Crippen LogP contribution in [0.3, 0.4) is 0 Å². The highest BCUT2D eigenvalue weighted by Crippen LogP contribution is 2.23. The Bertz CT molecular complexity index is 878. The van der Waals surface area contributed by atoms with E-state index in [4.69, 9.17) is 0 Å². The molecule has 0 atom stereocenters. The van der Waals surface area contributed by atoms with Crippen molar-refractivity contribution < 1.29 is 9.59 Å². The summed E-state index contributed by atoms with van der Waals surface area (Å²) < 4.78 is 0. The number of benzene rings is 2. The van der Waals surface area contributed by atoms with E-state index >= 15 is 0 Å². The standard InChI is InChI=1S/C20H22N4O2S/c1-14(25)21-17-6-4-5-15(11-17)12-24-20(26)27-13-19(22-24)16-7-9-18(10-8-16)23(2)3/h4-11H,12-13H2,1-3H3,(H,21,25). The van der Waals surface area contributed by atoms with Gasteiger partial charge in [-0.25, -0.2) is 5.01 Å². The van der Waals surface area contributed by atoms with Gasteiger partial charge in [0.25, 0.3) is 0 Å². The highest BCUT2D eigenvalue weighted by atomic mass is 32.2. The maximum absolute atomic E-state index is 12.3. The van der Waals surface area contributed by atoms with Crippen LogP contribution >= 0.6 is 11.8 Å². The van der Waals surface area contributed by atoms with Crippen molar-refractivity contribution in [3.63, 3.8) is 0 Å². The molecule has 0 bridgehead atoms. The van der Waals surface area contributed by atoms with Crippen molar-refractivity contribution in [3.05, 3.63) is 59.7 Å². The lowest BCUT2D eigenvalue weighted by molar-refractivity contribution is -0.114. The molecule has 0 saturated carbocycles. The van der Waals surface area contributed by atoms with Crippen LogP contribution in [0.2, 0.25) is 0 Å². The summed E-state index contributed by atoms with van der Waals surface area (Å²) in [5, 5.41) is 8.73. The first-order valence-corrected chi connectivity index (χ1v) is 9.57. The number of thioether (sulfide) groups is 1. The molecule has 0 unspecified atom stereocenters. The first-order valence-electron chi connectivity index (χ1n) is 8.58. The van der Waals surface area contributed by atoms with Crippen molar-refractivity contribution in [1.82, 2.24) is 5.01 Å². The van der Waals surface area contributed by atoms with Crippen molar-refractivity contribution in [2.75, 3.05) is 30.1 Å². The Hall–Kier alpha value is -2.80. The van der Waals surface area contributed by atoms with Crippen molar-refractivity contribution in [1.29, 1.82) is 0 Å². The van der Waals surface area contributed by atoms with Gasteiger partial charge < -0.3 is 10.2 Å². The van der Waals surface area contributed by atoms with Crippen LogP contribution in [0.15, 0.2) is 53.6 Å². The van der Waals surface area contributed by atoms with Gasteiger partial charge in [0.05, 0.1) is 12.3 Å². The van der Waals surface area contributed by atoms with Crippen LogP contribution in [0.5, 0.6) is 0 Å². The number of hydrogen-bond acceptors (Lipinski definition) is 5. The van der Waals surface area contributed by atoms with Crippen LogP contribution in [-0.4, -0.2) is 41.7 Å². The third-order valence-corrected chi connectivity index (χ3v) is 4.96. The average molecular weight is 382 g/mol. The molecule has 0 fully saturated rings. The van der Waals surface area contributed by atoms with E-state index in [0.29, 0.717) is 18.0 Å². The fraction of sp³-hybridized carbons (Fsp3) is 0.250. The zero-order valence-electron chi connectivity index (χ0n) is 15.6. The van der Waals surface area contributed by atoms with Crippen LogP contribution in [0.1, 0.15) is 18.1 Å². The number of nitrogens with zero attached hydrogens (tertiary/aromatic N) is 3. The minimum absolute atomic E-state index is 0.0754. The van der Waals surface area contributed by atoms with Gasteiger partial charge in [0.1, 0.15) is 0 Å². The number of rotatable bonds is 5. The summed E-state index contributed by atoms with van der Waals surface area (Å²) in [5.41, 5.74) is 4.62. The first-order chi connectivity index (χ1) is 12.9. The van der Waals surface area contributed by atoms with Crippen LogP contribution in [0.4, 0.5) is 16.2 Å². The van der Waals surface area contributed by atoms with E-state index < -0.39 is 0 Å². The molecule has 0 aromatic heterocycles. The topological polar surface area (TPSA) is 65.0 Å². The normalized spacial score (nSPS) is 14.0. The minimum atomic E-state index is -0.127. The van der Waals surface area contributed by atoms with Crippen molar-refractivity contribution >= 4 is 40.0 Å². The van der Waals surface area contributed by atoms with Gasteiger partial charge in [0, 0.05) is 38.1 Å². The van der Waals surface area contributed by atoms with Crippen molar-refractivity contribution in [2.45, 2.75) is 13.5 Å². The lowest BCUT2D eigenvalue weighted by atomic mass is 10.1. The number of carbonyl (C=O) groups excluding carboxylic acids is 2. The predicted molar refractivity (Wildman–Crippen MR) is 111 cm³/mol. The SMILES string of the molecule is CC(=O)Nc1cccc(CN2N=C(c3ccc(N(C)C)cc3)CSC2=O)c1. The van der Waals surface area contributed by atoms with Gasteiger partial charge in [-0.15, -0.1) is 0 Å². The number of amides is 2. The zero-order chi connectivity index (χ0) is 19.4. The molecule has 0 spiro atoms. The van der Waals surface area contributed by atoms with Gasteiger partial charge in [0.2, 0.25) is 5.91 Å². The van der Waals surface area contributed by atoms with Gasteiger partial charge >= 0.3 is 5.24 Å². The molecule has 1 aliphatic heterocycles. The van der Waals surface area contributed by atoms with E-state index in [2.05, 4.69) is 10.4 Å². The Morgan fingerprint density at radius 3 is 2.63 bits per heavy atom. The third-order valence-electron chi connectivity index (χ3n) is 4.08. The van der Waals surface area contributed by atoms with Crippen molar-refractivity contribution in [3.8, 4) is 0 Å². The van der Waals surface area contributed by atoms with Gasteiger partial charge in [-0.1, -0.05) is 36.0 Å². The summed E-state index contributed by atoms with van der Waals surface area (Å²) in [6.45, 7) is 1.83. The number of carbonyl (C=O) groups is 2. The molecule has 6 nitrogen and oxygen atoms in total. The Labute approximate surface area is 163 Å². The second-order valence-corrected chi connectivity index (χ2v) is 7.41. The quantitative estimate of drug-likeness (QED) is 0.855. The molecule has 2 aromatic rings. The molecule has 1 aliphatic rings. The number of hydrazone groups is 1. The average Bonchev–Trinajstić information content (AvgIpc) is 2.63. The molecular weight excluding hydrogens is 360 g/mol. The van der Waals surface area contributed by atoms with Gasteiger partial charge in [0.15, 0.2) is 0 Å². The number of nitrogens with one attached hydrogen (secondary N) is 1. The zero-order valence-corrected chi connectivity index (χ0v) is 16.4. The van der Waals surface area contributed by atoms with Gasteiger partial charge in [-0.3, -0.25) is 9.59 Å². The Morgan fingerprint density at radius 2 is 1.96 bits per heavy atom. The summed E-state index contributed by atoms with van der Waals surface area (Å²) in [4.78, 5) is 25.6. The van der Waals surface area contributed by atoms with E-state index in [1.54, 1.807) is 0 Å². The molecule has 7 heteroatoms. The molecule has 140 valence electrons. The fourth-order valence-electron chi connectivity index (χ4n) is 2.74. The van der Waals surface area contributed by atoms with Crippen LogP contribution in [0.25, 0.3) is 0 Å². The molecule has 0 radical (unpaired) electrons. The Morgan fingerprint density at radius 1 is 1.22 bits per heavy atom. The van der Waals surface area contributed by atoms with Crippen LogP contribution in [-0.2, 0) is 11.3 Å². The van der Waals surface area contributed by atoms with E-state index in [-0.39, 0.29) is 11.1 Å². The van der Waals surface area contributed by atoms with Crippen LogP contribution < -0.4 is 10.2 Å². The number of anilines is 2. The Balaban J connectivity index is 1.79. The lowest BCUT2D eigenvalue weighted by Crippen LogP contribution is -2.29.